The molecule has 0 bridgehead atoms. The highest BCUT2D eigenvalue weighted by Crippen LogP contribution is 2.12. The van der Waals surface area contributed by atoms with Gasteiger partial charge in [0.25, 0.3) is 0 Å². The number of benzene rings is 1. The van der Waals surface area contributed by atoms with Crippen molar-refractivity contribution >= 4 is 29.7 Å². The second-order valence-electron chi connectivity index (χ2n) is 9.38. The Labute approximate surface area is 221 Å². The van der Waals surface area contributed by atoms with Gasteiger partial charge in [0.15, 0.2) is 0 Å². The van der Waals surface area contributed by atoms with Crippen molar-refractivity contribution in [3.63, 3.8) is 0 Å². The summed E-state index contributed by atoms with van der Waals surface area (Å²) in [5, 5.41) is 35.3. The Morgan fingerprint density at radius 3 is 1.97 bits per heavy atom. The van der Waals surface area contributed by atoms with Crippen molar-refractivity contribution in [2.45, 2.75) is 76.5 Å². The van der Waals surface area contributed by atoms with E-state index in [1.54, 1.807) is 26.0 Å². The molecule has 0 radical (unpaired) electrons. The lowest BCUT2D eigenvalue weighted by atomic mass is 10.0. The van der Waals surface area contributed by atoms with Gasteiger partial charge in [0.1, 0.15) is 23.9 Å². The van der Waals surface area contributed by atoms with Crippen LogP contribution in [0.5, 0.6) is 5.75 Å². The maximum atomic E-state index is 13.1. The largest absolute Gasteiger partial charge is 0.508 e. The number of carboxylic acid groups (broad SMARTS) is 2. The second-order valence-corrected chi connectivity index (χ2v) is 9.38. The maximum absolute atomic E-state index is 13.1. The van der Waals surface area contributed by atoms with Gasteiger partial charge in [0.05, 0.1) is 6.04 Å². The number of rotatable bonds is 17. The van der Waals surface area contributed by atoms with E-state index in [0.29, 0.717) is 24.9 Å². The van der Waals surface area contributed by atoms with Crippen molar-refractivity contribution in [3.05, 3.63) is 29.8 Å². The van der Waals surface area contributed by atoms with Crippen molar-refractivity contribution in [1.82, 2.24) is 16.0 Å². The first-order chi connectivity index (χ1) is 17.8. The number of amides is 3. The number of carbonyl (C=O) groups excluding carboxylic acids is 3. The fourth-order valence-corrected chi connectivity index (χ4v) is 3.59. The van der Waals surface area contributed by atoms with E-state index in [1.807, 2.05) is 0 Å². The lowest BCUT2D eigenvalue weighted by Crippen LogP contribution is -2.58. The van der Waals surface area contributed by atoms with Crippen LogP contribution in [0.3, 0.4) is 0 Å². The molecule has 0 aliphatic rings. The third-order valence-corrected chi connectivity index (χ3v) is 5.82. The smallest absolute Gasteiger partial charge is 0.326 e. The number of aliphatic carboxylic acids is 2. The topological polar surface area (TPSA) is 234 Å². The summed E-state index contributed by atoms with van der Waals surface area (Å²) in [4.78, 5) is 61.4. The SMILES string of the molecule is CC(C)C(NC(=O)C(CCC(=O)O)NC(=O)C(N)Cc1ccc(O)cc1)C(=O)NC(CCCCN)C(=O)O. The van der Waals surface area contributed by atoms with Crippen LogP contribution in [-0.4, -0.2) is 75.7 Å². The number of unbranched alkanes of at least 4 members (excludes halogenated alkanes) is 1. The average Bonchev–Trinajstić information content (AvgIpc) is 2.84. The summed E-state index contributed by atoms with van der Waals surface area (Å²) in [6.07, 6.45) is 0.628. The Balaban J connectivity index is 2.94. The molecule has 4 unspecified atom stereocenters. The number of carbonyl (C=O) groups is 5. The van der Waals surface area contributed by atoms with Gasteiger partial charge in [-0.15, -0.1) is 0 Å². The van der Waals surface area contributed by atoms with E-state index in [0.717, 1.165) is 0 Å². The molecule has 0 heterocycles. The Morgan fingerprint density at radius 1 is 0.842 bits per heavy atom. The van der Waals surface area contributed by atoms with Crippen molar-refractivity contribution < 1.29 is 39.3 Å². The van der Waals surface area contributed by atoms with Crippen molar-refractivity contribution in [1.29, 1.82) is 0 Å². The normalized spacial score (nSPS) is 14.1. The Hall–Kier alpha value is -3.71. The van der Waals surface area contributed by atoms with E-state index in [4.69, 9.17) is 16.6 Å². The summed E-state index contributed by atoms with van der Waals surface area (Å²) >= 11 is 0. The molecule has 212 valence electrons. The predicted molar refractivity (Wildman–Crippen MR) is 138 cm³/mol. The van der Waals surface area contributed by atoms with E-state index >= 15 is 0 Å². The second kappa shape index (κ2) is 16.2. The number of phenols is 1. The van der Waals surface area contributed by atoms with Crippen molar-refractivity contribution in [2.75, 3.05) is 6.54 Å². The van der Waals surface area contributed by atoms with E-state index in [9.17, 15) is 34.2 Å². The number of aromatic hydroxyl groups is 1. The molecule has 3 amide bonds. The van der Waals surface area contributed by atoms with Gasteiger partial charge in [-0.1, -0.05) is 26.0 Å². The van der Waals surface area contributed by atoms with Crippen molar-refractivity contribution in [3.8, 4) is 5.75 Å². The van der Waals surface area contributed by atoms with Gasteiger partial charge in [-0.25, -0.2) is 4.79 Å². The Morgan fingerprint density at radius 2 is 1.45 bits per heavy atom. The van der Waals surface area contributed by atoms with Crippen LogP contribution in [0.1, 0.15) is 51.5 Å². The number of hydrogen-bond acceptors (Lipinski definition) is 8. The molecule has 1 aromatic carbocycles. The number of nitrogens with one attached hydrogen (secondary N) is 3. The van der Waals surface area contributed by atoms with Gasteiger partial charge < -0.3 is 42.7 Å². The van der Waals surface area contributed by atoms with Crippen LogP contribution >= 0.6 is 0 Å². The molecule has 4 atom stereocenters. The monoisotopic (exact) mass is 537 g/mol. The molecule has 1 aromatic rings. The number of hydrogen-bond donors (Lipinski definition) is 8. The van der Waals surface area contributed by atoms with Crippen LogP contribution in [0.2, 0.25) is 0 Å². The molecular formula is C25H39N5O8. The van der Waals surface area contributed by atoms with Crippen LogP contribution in [-0.2, 0) is 30.4 Å². The van der Waals surface area contributed by atoms with E-state index < -0.39 is 66.2 Å². The zero-order valence-corrected chi connectivity index (χ0v) is 21.7. The molecule has 1 rings (SSSR count). The average molecular weight is 538 g/mol. The van der Waals surface area contributed by atoms with Gasteiger partial charge in [0, 0.05) is 6.42 Å². The summed E-state index contributed by atoms with van der Waals surface area (Å²) < 4.78 is 0. The standard InChI is InChI=1S/C25H39N5O8/c1-14(2)21(24(36)29-19(25(37)38)5-3-4-12-26)30-23(35)18(10-11-20(32)33)28-22(34)17(27)13-15-6-8-16(31)9-7-15/h6-9,14,17-19,21,31H,3-5,10-13,26-27H2,1-2H3,(H,28,34)(H,29,36)(H,30,35)(H,32,33)(H,37,38). The molecule has 13 nitrogen and oxygen atoms in total. The summed E-state index contributed by atoms with van der Waals surface area (Å²) in [5.74, 6) is -5.05. The number of phenolic OH excluding ortho intramolecular Hbond substituents is 1. The zero-order chi connectivity index (χ0) is 28.8. The van der Waals surface area contributed by atoms with Crippen LogP contribution < -0.4 is 27.4 Å². The fraction of sp³-hybridized carbons (Fsp3) is 0.560. The van der Waals surface area contributed by atoms with Gasteiger partial charge in [-0.2, -0.15) is 0 Å². The molecule has 0 aliphatic carbocycles. The molecule has 38 heavy (non-hydrogen) atoms. The van der Waals surface area contributed by atoms with Crippen LogP contribution in [0.25, 0.3) is 0 Å². The summed E-state index contributed by atoms with van der Waals surface area (Å²) in [6.45, 7) is 3.67. The minimum Gasteiger partial charge on any atom is -0.508 e. The molecule has 0 spiro atoms. The van der Waals surface area contributed by atoms with E-state index in [1.165, 1.54) is 12.1 Å². The third kappa shape index (κ3) is 11.6. The molecule has 0 saturated carbocycles. The summed E-state index contributed by atoms with van der Waals surface area (Å²) in [5.41, 5.74) is 12.1. The summed E-state index contributed by atoms with van der Waals surface area (Å²) in [6, 6.07) is 1.35. The number of carboxylic acids is 2. The third-order valence-electron chi connectivity index (χ3n) is 5.82. The fourth-order valence-electron chi connectivity index (χ4n) is 3.59. The summed E-state index contributed by atoms with van der Waals surface area (Å²) in [7, 11) is 0. The lowest BCUT2D eigenvalue weighted by molar-refractivity contribution is -0.142. The van der Waals surface area contributed by atoms with Gasteiger partial charge in [-0.3, -0.25) is 19.2 Å². The van der Waals surface area contributed by atoms with Crippen LogP contribution in [0.15, 0.2) is 24.3 Å². The highest BCUT2D eigenvalue weighted by Gasteiger charge is 2.32. The molecule has 13 heteroatoms. The lowest BCUT2D eigenvalue weighted by Gasteiger charge is -2.27. The highest BCUT2D eigenvalue weighted by atomic mass is 16.4. The van der Waals surface area contributed by atoms with Gasteiger partial charge in [-0.05, 0) is 62.3 Å². The molecule has 0 aliphatic heterocycles. The predicted octanol–water partition coefficient (Wildman–Crippen LogP) is -0.549. The van der Waals surface area contributed by atoms with Crippen LogP contribution in [0.4, 0.5) is 0 Å². The maximum Gasteiger partial charge on any atom is 0.326 e. The molecule has 0 aromatic heterocycles. The first kappa shape index (κ1) is 32.3. The molecule has 0 fully saturated rings. The zero-order valence-electron chi connectivity index (χ0n) is 21.7. The molecule has 10 N–H and O–H groups in total. The van der Waals surface area contributed by atoms with Gasteiger partial charge >= 0.3 is 11.9 Å². The highest BCUT2D eigenvalue weighted by molar-refractivity contribution is 5.94. The van der Waals surface area contributed by atoms with Gasteiger partial charge in [0.2, 0.25) is 17.7 Å². The minimum atomic E-state index is -1.31. The first-order valence-electron chi connectivity index (χ1n) is 12.4. The molecule has 0 saturated heterocycles. The first-order valence-corrected chi connectivity index (χ1v) is 12.4. The Kier molecular flexibility index (Phi) is 13.8. The van der Waals surface area contributed by atoms with E-state index in [2.05, 4.69) is 16.0 Å². The quantitative estimate of drug-likeness (QED) is 0.118. The molecular weight excluding hydrogens is 498 g/mol. The van der Waals surface area contributed by atoms with Crippen molar-refractivity contribution in [2.24, 2.45) is 17.4 Å². The van der Waals surface area contributed by atoms with Crippen LogP contribution in [0, 0.1) is 5.92 Å². The van der Waals surface area contributed by atoms with E-state index in [-0.39, 0.29) is 25.0 Å². The number of nitrogens with two attached hydrogens (primary N) is 2. The Bertz CT molecular complexity index is 954. The minimum absolute atomic E-state index is 0.0474.